The summed E-state index contributed by atoms with van der Waals surface area (Å²) < 4.78 is 19.0. The first-order valence-corrected chi connectivity index (χ1v) is 7.70. The number of rotatable bonds is 6. The highest BCUT2D eigenvalue weighted by Gasteiger charge is 2.38. The average Bonchev–Trinajstić information content (AvgIpc) is 2.91. The molecule has 5 nitrogen and oxygen atoms in total. The molecule has 1 aliphatic rings. The summed E-state index contributed by atoms with van der Waals surface area (Å²) in [7, 11) is 1.55. The number of likely N-dealkylation sites (tertiary alicyclic amines) is 1. The first-order chi connectivity index (χ1) is 10.9. The number of nitrogens with zero attached hydrogens (tertiary/aromatic N) is 1. The van der Waals surface area contributed by atoms with Gasteiger partial charge < -0.3 is 14.7 Å². The van der Waals surface area contributed by atoms with E-state index in [1.807, 2.05) is 0 Å². The summed E-state index contributed by atoms with van der Waals surface area (Å²) in [6.07, 6.45) is 0.558. The molecule has 0 spiro atoms. The van der Waals surface area contributed by atoms with Gasteiger partial charge in [-0.1, -0.05) is 25.1 Å². The van der Waals surface area contributed by atoms with Gasteiger partial charge in [-0.05, 0) is 24.5 Å². The lowest BCUT2D eigenvalue weighted by atomic mass is 9.98. The molecular weight excluding hydrogens is 301 g/mol. The number of carbonyl (C=O) groups is 2. The van der Waals surface area contributed by atoms with Crippen LogP contribution in [-0.2, 0) is 20.7 Å². The lowest BCUT2D eigenvalue weighted by Crippen LogP contribution is -2.41. The molecule has 23 heavy (non-hydrogen) atoms. The summed E-state index contributed by atoms with van der Waals surface area (Å²) in [5, 5.41) is 9.01. The zero-order chi connectivity index (χ0) is 17.0. The molecule has 3 unspecified atom stereocenters. The molecule has 1 fully saturated rings. The van der Waals surface area contributed by atoms with E-state index in [2.05, 4.69) is 0 Å². The standard InChI is InChI=1S/C17H22FNO4/c1-11(7-12-5-3-4-6-15(12)18)17(22)19-10-14(23-2)8-13(19)9-16(20)21/h3-6,11,13-14H,7-10H2,1-2H3,(H,20,21). The molecular formula is C17H22FNO4. The van der Waals surface area contributed by atoms with Gasteiger partial charge in [0.2, 0.25) is 5.91 Å². The first-order valence-electron chi connectivity index (χ1n) is 7.70. The molecule has 0 bridgehead atoms. The topological polar surface area (TPSA) is 66.8 Å². The van der Waals surface area contributed by atoms with Crippen molar-refractivity contribution in [1.29, 1.82) is 0 Å². The maximum absolute atomic E-state index is 13.7. The zero-order valence-corrected chi connectivity index (χ0v) is 13.4. The fourth-order valence-electron chi connectivity index (χ4n) is 3.07. The Kier molecular flexibility index (Phi) is 5.71. The van der Waals surface area contributed by atoms with E-state index >= 15 is 0 Å². The predicted molar refractivity (Wildman–Crippen MR) is 82.4 cm³/mol. The highest BCUT2D eigenvalue weighted by atomic mass is 19.1. The Balaban J connectivity index is 2.07. The monoisotopic (exact) mass is 323 g/mol. The Hall–Kier alpha value is -1.95. The number of aliphatic carboxylic acids is 1. The van der Waals surface area contributed by atoms with Crippen LogP contribution < -0.4 is 0 Å². The predicted octanol–water partition coefficient (Wildman–Crippen LogP) is 2.09. The molecule has 126 valence electrons. The summed E-state index contributed by atoms with van der Waals surface area (Å²) in [4.78, 5) is 25.2. The molecule has 1 aliphatic heterocycles. The third-order valence-electron chi connectivity index (χ3n) is 4.31. The molecule has 2 rings (SSSR count). The van der Waals surface area contributed by atoms with Gasteiger partial charge in [0.25, 0.3) is 0 Å². The Labute approximate surface area is 135 Å². The van der Waals surface area contributed by atoms with Crippen LogP contribution in [0.25, 0.3) is 0 Å². The van der Waals surface area contributed by atoms with Crippen LogP contribution in [-0.4, -0.2) is 47.7 Å². The van der Waals surface area contributed by atoms with Gasteiger partial charge in [-0.2, -0.15) is 0 Å². The Morgan fingerprint density at radius 3 is 2.74 bits per heavy atom. The van der Waals surface area contributed by atoms with Gasteiger partial charge in [-0.3, -0.25) is 9.59 Å². The normalized spacial score (nSPS) is 22.1. The van der Waals surface area contributed by atoms with Crippen molar-refractivity contribution in [1.82, 2.24) is 4.90 Å². The molecule has 1 aromatic carbocycles. The summed E-state index contributed by atoms with van der Waals surface area (Å²) in [6.45, 7) is 2.13. The lowest BCUT2D eigenvalue weighted by molar-refractivity contribution is -0.141. The lowest BCUT2D eigenvalue weighted by Gasteiger charge is -2.26. The number of methoxy groups -OCH3 is 1. The second-order valence-corrected chi connectivity index (χ2v) is 6.03. The Bertz CT molecular complexity index is 577. The van der Waals surface area contributed by atoms with E-state index in [0.29, 0.717) is 24.9 Å². The van der Waals surface area contributed by atoms with Crippen LogP contribution in [0.2, 0.25) is 0 Å². The van der Waals surface area contributed by atoms with Crippen molar-refractivity contribution in [3.8, 4) is 0 Å². The van der Waals surface area contributed by atoms with Gasteiger partial charge in [0, 0.05) is 25.6 Å². The van der Waals surface area contributed by atoms with E-state index in [-0.39, 0.29) is 30.3 Å². The minimum Gasteiger partial charge on any atom is -0.481 e. The molecule has 6 heteroatoms. The largest absolute Gasteiger partial charge is 0.481 e. The number of benzene rings is 1. The smallest absolute Gasteiger partial charge is 0.305 e. The van der Waals surface area contributed by atoms with Gasteiger partial charge in [0.15, 0.2) is 0 Å². The van der Waals surface area contributed by atoms with Crippen LogP contribution in [0.15, 0.2) is 24.3 Å². The van der Waals surface area contributed by atoms with Crippen molar-refractivity contribution in [2.45, 2.75) is 38.3 Å². The zero-order valence-electron chi connectivity index (χ0n) is 13.4. The summed E-state index contributed by atoms with van der Waals surface area (Å²) in [5.41, 5.74) is 0.491. The number of carboxylic acids is 1. The van der Waals surface area contributed by atoms with Crippen LogP contribution in [0.1, 0.15) is 25.3 Å². The molecule has 0 saturated carbocycles. The second-order valence-electron chi connectivity index (χ2n) is 6.03. The molecule has 0 aliphatic carbocycles. The van der Waals surface area contributed by atoms with Crippen molar-refractivity contribution in [2.24, 2.45) is 5.92 Å². The minimum absolute atomic E-state index is 0.0992. The van der Waals surface area contributed by atoms with Crippen LogP contribution in [0.3, 0.4) is 0 Å². The fourth-order valence-corrected chi connectivity index (χ4v) is 3.07. The van der Waals surface area contributed by atoms with Crippen LogP contribution in [0, 0.1) is 11.7 Å². The van der Waals surface area contributed by atoms with Gasteiger partial charge in [-0.15, -0.1) is 0 Å². The maximum atomic E-state index is 13.7. The summed E-state index contributed by atoms with van der Waals surface area (Å²) in [6, 6.07) is 6.01. The van der Waals surface area contributed by atoms with Crippen molar-refractivity contribution < 1.29 is 23.8 Å². The summed E-state index contributed by atoms with van der Waals surface area (Å²) >= 11 is 0. The van der Waals surface area contributed by atoms with Crippen LogP contribution in [0.4, 0.5) is 4.39 Å². The van der Waals surface area contributed by atoms with Gasteiger partial charge in [0.05, 0.1) is 12.5 Å². The molecule has 1 aromatic rings. The third-order valence-corrected chi connectivity index (χ3v) is 4.31. The van der Waals surface area contributed by atoms with Gasteiger partial charge >= 0.3 is 5.97 Å². The number of hydrogen-bond acceptors (Lipinski definition) is 3. The van der Waals surface area contributed by atoms with E-state index in [1.54, 1.807) is 37.1 Å². The molecule has 1 N–H and O–H groups in total. The van der Waals surface area contributed by atoms with Crippen LogP contribution >= 0.6 is 0 Å². The molecule has 0 aromatic heterocycles. The van der Waals surface area contributed by atoms with E-state index in [9.17, 15) is 14.0 Å². The van der Waals surface area contributed by atoms with Crippen molar-refractivity contribution in [2.75, 3.05) is 13.7 Å². The van der Waals surface area contributed by atoms with Crippen molar-refractivity contribution >= 4 is 11.9 Å². The Morgan fingerprint density at radius 1 is 1.43 bits per heavy atom. The number of hydrogen-bond donors (Lipinski definition) is 1. The molecule has 1 amide bonds. The van der Waals surface area contributed by atoms with E-state index < -0.39 is 11.9 Å². The SMILES string of the molecule is COC1CC(CC(=O)O)N(C(=O)C(C)Cc2ccccc2F)C1. The second kappa shape index (κ2) is 7.55. The number of carboxylic acid groups (broad SMARTS) is 1. The van der Waals surface area contributed by atoms with E-state index in [1.165, 1.54) is 6.07 Å². The van der Waals surface area contributed by atoms with Crippen molar-refractivity contribution in [3.63, 3.8) is 0 Å². The van der Waals surface area contributed by atoms with Crippen molar-refractivity contribution in [3.05, 3.63) is 35.6 Å². The quantitative estimate of drug-likeness (QED) is 0.870. The highest BCUT2D eigenvalue weighted by Crippen LogP contribution is 2.25. The number of carbonyl (C=O) groups excluding carboxylic acids is 1. The fraction of sp³-hybridized carbons (Fsp3) is 0.529. The minimum atomic E-state index is -0.939. The van der Waals surface area contributed by atoms with Gasteiger partial charge in [-0.25, -0.2) is 4.39 Å². The summed E-state index contributed by atoms with van der Waals surface area (Å²) in [5.74, 6) is -1.84. The Morgan fingerprint density at radius 2 is 2.13 bits per heavy atom. The van der Waals surface area contributed by atoms with Gasteiger partial charge in [0.1, 0.15) is 5.82 Å². The third kappa shape index (κ3) is 4.28. The molecule has 3 atom stereocenters. The number of ether oxygens (including phenoxy) is 1. The van der Waals surface area contributed by atoms with E-state index in [0.717, 1.165) is 0 Å². The molecule has 1 saturated heterocycles. The highest BCUT2D eigenvalue weighted by molar-refractivity contribution is 5.80. The first kappa shape index (κ1) is 17.4. The molecule has 0 radical (unpaired) electrons. The molecule has 1 heterocycles. The van der Waals surface area contributed by atoms with Crippen LogP contribution in [0.5, 0.6) is 0 Å². The maximum Gasteiger partial charge on any atom is 0.305 e. The van der Waals surface area contributed by atoms with E-state index in [4.69, 9.17) is 9.84 Å². The number of halogens is 1. The number of amides is 1. The average molecular weight is 323 g/mol.